The van der Waals surface area contributed by atoms with Gasteiger partial charge in [-0.15, -0.1) is 0 Å². The maximum atomic E-state index is 12.7. The molecular formula is C19H35N3O3S. The lowest BCUT2D eigenvalue weighted by Gasteiger charge is -2.48. The molecule has 1 N–H and O–H groups in total. The molecule has 1 saturated carbocycles. The second kappa shape index (κ2) is 8.57. The van der Waals surface area contributed by atoms with E-state index in [2.05, 4.69) is 10.2 Å². The molecule has 2 aliphatic heterocycles. The van der Waals surface area contributed by atoms with Gasteiger partial charge in [0.25, 0.3) is 0 Å². The Morgan fingerprint density at radius 3 is 2.12 bits per heavy atom. The average molecular weight is 386 g/mol. The van der Waals surface area contributed by atoms with Gasteiger partial charge in [0, 0.05) is 31.1 Å². The lowest BCUT2D eigenvalue weighted by atomic mass is 9.79. The van der Waals surface area contributed by atoms with Gasteiger partial charge in [0.15, 0.2) is 0 Å². The molecule has 150 valence electrons. The van der Waals surface area contributed by atoms with E-state index in [0.717, 1.165) is 6.54 Å². The van der Waals surface area contributed by atoms with Gasteiger partial charge in [-0.05, 0) is 51.6 Å². The molecule has 0 spiro atoms. The van der Waals surface area contributed by atoms with Crippen LogP contribution >= 0.6 is 0 Å². The van der Waals surface area contributed by atoms with Gasteiger partial charge in [0.05, 0.1) is 6.26 Å². The predicted octanol–water partition coefficient (Wildman–Crippen LogP) is 1.96. The van der Waals surface area contributed by atoms with Crippen LogP contribution in [-0.2, 0) is 14.8 Å². The number of amides is 1. The van der Waals surface area contributed by atoms with Crippen LogP contribution in [0.3, 0.4) is 0 Å². The van der Waals surface area contributed by atoms with E-state index in [1.807, 2.05) is 0 Å². The van der Waals surface area contributed by atoms with Gasteiger partial charge in [-0.1, -0.05) is 25.7 Å². The molecule has 26 heavy (non-hydrogen) atoms. The second-order valence-electron chi connectivity index (χ2n) is 8.49. The highest BCUT2D eigenvalue weighted by Crippen LogP contribution is 2.35. The molecule has 1 aliphatic carbocycles. The minimum atomic E-state index is -3.13. The molecule has 2 heterocycles. The smallest absolute Gasteiger partial charge is 0.223 e. The zero-order valence-electron chi connectivity index (χ0n) is 16.2. The number of sulfonamides is 1. The van der Waals surface area contributed by atoms with Gasteiger partial charge < -0.3 is 5.32 Å². The molecule has 0 aromatic rings. The summed E-state index contributed by atoms with van der Waals surface area (Å²) in [6, 6.07) is 0. The van der Waals surface area contributed by atoms with Gasteiger partial charge in [0.1, 0.15) is 0 Å². The van der Waals surface area contributed by atoms with Gasteiger partial charge in [-0.3, -0.25) is 9.69 Å². The highest BCUT2D eigenvalue weighted by molar-refractivity contribution is 7.88. The molecule has 3 fully saturated rings. The first-order chi connectivity index (χ1) is 12.4. The summed E-state index contributed by atoms with van der Waals surface area (Å²) in [6.45, 7) is 4.03. The van der Waals surface area contributed by atoms with Crippen LogP contribution in [-0.4, -0.2) is 68.0 Å². The summed E-state index contributed by atoms with van der Waals surface area (Å²) in [6.07, 6.45) is 12.6. The number of rotatable bonds is 5. The number of likely N-dealkylation sites (tertiary alicyclic amines) is 1. The van der Waals surface area contributed by atoms with Crippen LogP contribution in [0.15, 0.2) is 0 Å². The van der Waals surface area contributed by atoms with E-state index in [-0.39, 0.29) is 17.4 Å². The Hall–Kier alpha value is -0.660. The van der Waals surface area contributed by atoms with Crippen LogP contribution in [0, 0.1) is 5.92 Å². The summed E-state index contributed by atoms with van der Waals surface area (Å²) in [5.74, 6) is 0.0788. The van der Waals surface area contributed by atoms with Gasteiger partial charge >= 0.3 is 0 Å². The van der Waals surface area contributed by atoms with Crippen LogP contribution in [0.4, 0.5) is 0 Å². The Bertz CT molecular complexity index is 573. The van der Waals surface area contributed by atoms with E-state index < -0.39 is 10.0 Å². The number of nitrogens with one attached hydrogen (secondary N) is 1. The SMILES string of the molecule is CS(=O)(=O)N1CCC(C(=O)NCC2(N3CCCCC3)CCCCC2)CC1. The molecule has 3 aliphatic rings. The van der Waals surface area contributed by atoms with Crippen LogP contribution in [0.1, 0.15) is 64.2 Å². The number of hydrogen-bond acceptors (Lipinski definition) is 4. The van der Waals surface area contributed by atoms with Crippen LogP contribution in [0.5, 0.6) is 0 Å². The molecule has 0 unspecified atom stereocenters. The Labute approximate surface area is 158 Å². The Morgan fingerprint density at radius 2 is 1.54 bits per heavy atom. The Balaban J connectivity index is 1.54. The lowest BCUT2D eigenvalue weighted by molar-refractivity contribution is -0.127. The van der Waals surface area contributed by atoms with Crippen molar-refractivity contribution in [2.45, 2.75) is 69.7 Å². The standard InChI is InChI=1S/C19H35N3O3S/c1-26(24,25)22-14-8-17(9-15-22)18(23)20-16-19(10-4-2-5-11-19)21-12-6-3-7-13-21/h17H,2-16H2,1H3,(H,20,23). The van der Waals surface area contributed by atoms with E-state index in [9.17, 15) is 13.2 Å². The van der Waals surface area contributed by atoms with E-state index in [1.54, 1.807) is 0 Å². The summed E-state index contributed by atoms with van der Waals surface area (Å²) in [7, 11) is -3.13. The molecule has 0 radical (unpaired) electrons. The zero-order chi connectivity index (χ0) is 18.6. The Kier molecular flexibility index (Phi) is 6.62. The third kappa shape index (κ3) is 4.78. The van der Waals surface area contributed by atoms with Crippen LogP contribution in [0.2, 0.25) is 0 Å². The fraction of sp³-hybridized carbons (Fsp3) is 0.947. The summed E-state index contributed by atoms with van der Waals surface area (Å²) >= 11 is 0. The summed E-state index contributed by atoms with van der Waals surface area (Å²) in [4.78, 5) is 15.4. The maximum Gasteiger partial charge on any atom is 0.223 e. The quantitative estimate of drug-likeness (QED) is 0.785. The van der Waals surface area contributed by atoms with Gasteiger partial charge in [-0.25, -0.2) is 12.7 Å². The normalized spacial score (nSPS) is 26.5. The maximum absolute atomic E-state index is 12.7. The topological polar surface area (TPSA) is 69.7 Å². The third-order valence-electron chi connectivity index (χ3n) is 6.70. The second-order valence-corrected chi connectivity index (χ2v) is 10.5. The Morgan fingerprint density at radius 1 is 0.962 bits per heavy atom. The van der Waals surface area contributed by atoms with Crippen molar-refractivity contribution in [3.05, 3.63) is 0 Å². The van der Waals surface area contributed by atoms with Crippen LogP contribution < -0.4 is 5.32 Å². The minimum absolute atomic E-state index is 0.0463. The number of nitrogens with zero attached hydrogens (tertiary/aromatic N) is 2. The van der Waals surface area contributed by atoms with E-state index in [4.69, 9.17) is 0 Å². The van der Waals surface area contributed by atoms with E-state index in [1.165, 1.54) is 75.0 Å². The van der Waals surface area contributed by atoms with Gasteiger partial charge in [0.2, 0.25) is 15.9 Å². The number of piperidine rings is 2. The van der Waals surface area contributed by atoms with Gasteiger partial charge in [-0.2, -0.15) is 0 Å². The summed E-state index contributed by atoms with van der Waals surface area (Å²) in [5.41, 5.74) is 0.155. The summed E-state index contributed by atoms with van der Waals surface area (Å²) < 4.78 is 24.8. The molecule has 1 amide bonds. The van der Waals surface area contributed by atoms with Crippen molar-refractivity contribution in [1.29, 1.82) is 0 Å². The first-order valence-corrected chi connectivity index (χ1v) is 12.2. The van der Waals surface area contributed by atoms with Crippen molar-refractivity contribution < 1.29 is 13.2 Å². The third-order valence-corrected chi connectivity index (χ3v) is 8.00. The fourth-order valence-electron chi connectivity index (χ4n) is 5.03. The van der Waals surface area contributed by atoms with E-state index >= 15 is 0 Å². The molecule has 0 aromatic carbocycles. The lowest BCUT2D eigenvalue weighted by Crippen LogP contribution is -2.58. The number of carbonyl (C=O) groups excluding carboxylic acids is 1. The monoisotopic (exact) mass is 385 g/mol. The van der Waals surface area contributed by atoms with Crippen molar-refractivity contribution >= 4 is 15.9 Å². The molecule has 0 atom stereocenters. The van der Waals surface area contributed by atoms with Crippen molar-refractivity contribution in [3.63, 3.8) is 0 Å². The highest BCUT2D eigenvalue weighted by atomic mass is 32.2. The molecule has 6 nitrogen and oxygen atoms in total. The molecular weight excluding hydrogens is 350 g/mol. The zero-order valence-corrected chi connectivity index (χ0v) is 17.0. The fourth-order valence-corrected chi connectivity index (χ4v) is 5.90. The largest absolute Gasteiger partial charge is 0.354 e. The average Bonchev–Trinajstić information content (AvgIpc) is 2.67. The molecule has 0 aromatic heterocycles. The highest BCUT2D eigenvalue weighted by Gasteiger charge is 2.39. The van der Waals surface area contributed by atoms with Crippen molar-refractivity contribution in [1.82, 2.24) is 14.5 Å². The first kappa shape index (κ1) is 20.1. The molecule has 0 bridgehead atoms. The van der Waals surface area contributed by atoms with Crippen molar-refractivity contribution in [2.75, 3.05) is 39.0 Å². The summed E-state index contributed by atoms with van der Waals surface area (Å²) in [5, 5.41) is 3.27. The van der Waals surface area contributed by atoms with Crippen molar-refractivity contribution in [2.24, 2.45) is 5.92 Å². The first-order valence-electron chi connectivity index (χ1n) is 10.4. The molecule has 2 saturated heterocycles. The van der Waals surface area contributed by atoms with E-state index in [0.29, 0.717) is 25.9 Å². The number of carbonyl (C=O) groups is 1. The van der Waals surface area contributed by atoms with Crippen molar-refractivity contribution in [3.8, 4) is 0 Å². The predicted molar refractivity (Wildman–Crippen MR) is 103 cm³/mol. The molecule has 7 heteroatoms. The number of hydrogen-bond donors (Lipinski definition) is 1. The minimum Gasteiger partial charge on any atom is -0.354 e. The van der Waals surface area contributed by atoms with Crippen LogP contribution in [0.25, 0.3) is 0 Å². The molecule has 3 rings (SSSR count).